The Kier molecular flexibility index (Phi) is 2.76. The van der Waals surface area contributed by atoms with Gasteiger partial charge in [0.2, 0.25) is 0 Å². The van der Waals surface area contributed by atoms with Gasteiger partial charge in [0.25, 0.3) is 0 Å². The van der Waals surface area contributed by atoms with Gasteiger partial charge in [0.05, 0.1) is 11.9 Å². The van der Waals surface area contributed by atoms with Gasteiger partial charge in [0.15, 0.2) is 0 Å². The molecule has 0 aromatic carbocycles. The lowest BCUT2D eigenvalue weighted by atomic mass is 10.2. The number of nitrogens with one attached hydrogen (secondary N) is 1. The zero-order valence-corrected chi connectivity index (χ0v) is 9.03. The van der Waals surface area contributed by atoms with Crippen molar-refractivity contribution in [3.63, 3.8) is 0 Å². The number of aryl methyl sites for hydroxylation is 1. The average molecular weight is 218 g/mol. The first-order valence-electron chi connectivity index (χ1n) is 4.83. The Bertz CT molecular complexity index is 513. The number of hydrogen-bond acceptors (Lipinski definition) is 4. The third-order valence-corrected chi connectivity index (χ3v) is 2.09. The average Bonchev–Trinajstić information content (AvgIpc) is 2.28. The van der Waals surface area contributed by atoms with Gasteiger partial charge in [0, 0.05) is 24.9 Å². The smallest absolute Gasteiger partial charge is 0.142 e. The highest BCUT2D eigenvalue weighted by Crippen LogP contribution is 2.19. The third kappa shape index (κ3) is 2.13. The van der Waals surface area contributed by atoms with Crippen LogP contribution < -0.4 is 5.32 Å². The van der Waals surface area contributed by atoms with E-state index in [1.54, 1.807) is 26.2 Å². The van der Waals surface area contributed by atoms with E-state index in [-0.39, 0.29) is 5.82 Å². The highest BCUT2D eigenvalue weighted by atomic mass is 19.1. The standard InChI is InChI=1S/C11H11FN4/c1-7-15-10(4-11(13-2)16-7)8-3-9(12)6-14-5-8/h3-6H,1-2H3,(H,13,15,16). The fourth-order valence-electron chi connectivity index (χ4n) is 1.40. The molecule has 2 rings (SSSR count). The Balaban J connectivity index is 2.51. The van der Waals surface area contributed by atoms with Gasteiger partial charge >= 0.3 is 0 Å². The molecule has 1 N–H and O–H groups in total. The molecule has 0 aliphatic carbocycles. The van der Waals surface area contributed by atoms with Gasteiger partial charge in [0.1, 0.15) is 17.5 Å². The van der Waals surface area contributed by atoms with Gasteiger partial charge in [-0.1, -0.05) is 0 Å². The summed E-state index contributed by atoms with van der Waals surface area (Å²) in [5, 5.41) is 2.93. The molecule has 4 nitrogen and oxygen atoms in total. The molecule has 0 aliphatic rings. The van der Waals surface area contributed by atoms with Crippen molar-refractivity contribution in [2.45, 2.75) is 6.92 Å². The fourth-order valence-corrected chi connectivity index (χ4v) is 1.40. The molecule has 2 aromatic heterocycles. The van der Waals surface area contributed by atoms with E-state index in [4.69, 9.17) is 0 Å². The van der Waals surface area contributed by atoms with Gasteiger partial charge < -0.3 is 5.32 Å². The Labute approximate surface area is 92.6 Å². The second-order valence-corrected chi connectivity index (χ2v) is 3.33. The van der Waals surface area contributed by atoms with E-state index in [1.807, 2.05) is 0 Å². The molecule has 0 atom stereocenters. The summed E-state index contributed by atoms with van der Waals surface area (Å²) in [5.74, 6) is 0.956. The number of halogens is 1. The van der Waals surface area contributed by atoms with Crippen LogP contribution in [0.15, 0.2) is 24.5 Å². The van der Waals surface area contributed by atoms with Crippen molar-refractivity contribution in [2.24, 2.45) is 0 Å². The second-order valence-electron chi connectivity index (χ2n) is 3.33. The predicted octanol–water partition coefficient (Wildman–Crippen LogP) is 2.03. The molecule has 0 unspecified atom stereocenters. The summed E-state index contributed by atoms with van der Waals surface area (Å²) in [6, 6.07) is 3.15. The quantitative estimate of drug-likeness (QED) is 0.837. The van der Waals surface area contributed by atoms with Crippen LogP contribution in [0.4, 0.5) is 10.2 Å². The molecule has 0 saturated heterocycles. The van der Waals surface area contributed by atoms with Crippen LogP contribution >= 0.6 is 0 Å². The summed E-state index contributed by atoms with van der Waals surface area (Å²) in [6.45, 7) is 1.79. The summed E-state index contributed by atoms with van der Waals surface area (Å²) in [4.78, 5) is 12.2. The van der Waals surface area contributed by atoms with E-state index < -0.39 is 0 Å². The minimum absolute atomic E-state index is 0.375. The molecular formula is C11H11FN4. The van der Waals surface area contributed by atoms with E-state index in [0.717, 1.165) is 6.20 Å². The third-order valence-electron chi connectivity index (χ3n) is 2.09. The Morgan fingerprint density at radius 3 is 2.69 bits per heavy atom. The Hall–Kier alpha value is -2.04. The fraction of sp³-hybridized carbons (Fsp3) is 0.182. The highest BCUT2D eigenvalue weighted by Gasteiger charge is 2.04. The molecule has 0 saturated carbocycles. The molecule has 5 heteroatoms. The summed E-state index contributed by atoms with van der Waals surface area (Å²) < 4.78 is 13.0. The summed E-state index contributed by atoms with van der Waals surface area (Å²) >= 11 is 0. The van der Waals surface area contributed by atoms with Gasteiger partial charge in [-0.2, -0.15) is 0 Å². The van der Waals surface area contributed by atoms with Gasteiger partial charge in [-0.3, -0.25) is 4.98 Å². The van der Waals surface area contributed by atoms with Crippen LogP contribution in [0.25, 0.3) is 11.3 Å². The monoisotopic (exact) mass is 218 g/mol. The minimum atomic E-state index is -0.375. The zero-order valence-electron chi connectivity index (χ0n) is 9.03. The molecular weight excluding hydrogens is 207 g/mol. The minimum Gasteiger partial charge on any atom is -0.373 e. The van der Waals surface area contributed by atoms with Crippen LogP contribution in [0.5, 0.6) is 0 Å². The molecule has 16 heavy (non-hydrogen) atoms. The zero-order chi connectivity index (χ0) is 11.5. The van der Waals surface area contributed by atoms with E-state index in [2.05, 4.69) is 20.3 Å². The van der Waals surface area contributed by atoms with Gasteiger partial charge in [-0.15, -0.1) is 0 Å². The number of hydrogen-bond donors (Lipinski definition) is 1. The first-order chi connectivity index (χ1) is 7.69. The van der Waals surface area contributed by atoms with Crippen LogP contribution in [0.3, 0.4) is 0 Å². The first kappa shape index (κ1) is 10.5. The number of aromatic nitrogens is 3. The van der Waals surface area contributed by atoms with Crippen molar-refractivity contribution in [1.82, 2.24) is 15.0 Å². The number of pyridine rings is 1. The lowest BCUT2D eigenvalue weighted by molar-refractivity contribution is 0.622. The maximum atomic E-state index is 13.0. The van der Waals surface area contributed by atoms with Crippen molar-refractivity contribution in [2.75, 3.05) is 12.4 Å². The van der Waals surface area contributed by atoms with Crippen molar-refractivity contribution >= 4 is 5.82 Å². The Morgan fingerprint density at radius 1 is 1.19 bits per heavy atom. The van der Waals surface area contributed by atoms with Crippen LogP contribution in [0.2, 0.25) is 0 Å². The van der Waals surface area contributed by atoms with Crippen LogP contribution in [0.1, 0.15) is 5.82 Å². The molecule has 0 spiro atoms. The number of anilines is 1. The van der Waals surface area contributed by atoms with Crippen molar-refractivity contribution < 1.29 is 4.39 Å². The first-order valence-corrected chi connectivity index (χ1v) is 4.83. The maximum Gasteiger partial charge on any atom is 0.142 e. The SMILES string of the molecule is CNc1cc(-c2cncc(F)c2)nc(C)n1. The van der Waals surface area contributed by atoms with Crippen molar-refractivity contribution in [3.8, 4) is 11.3 Å². The topological polar surface area (TPSA) is 50.7 Å². The van der Waals surface area contributed by atoms with Crippen LogP contribution in [0, 0.1) is 12.7 Å². The largest absolute Gasteiger partial charge is 0.373 e. The highest BCUT2D eigenvalue weighted by molar-refractivity contribution is 5.61. The van der Waals surface area contributed by atoms with Crippen LogP contribution in [-0.2, 0) is 0 Å². The molecule has 2 heterocycles. The van der Waals surface area contributed by atoms with Crippen molar-refractivity contribution in [3.05, 3.63) is 36.2 Å². The van der Waals surface area contributed by atoms with Crippen molar-refractivity contribution in [1.29, 1.82) is 0 Å². The maximum absolute atomic E-state index is 13.0. The Morgan fingerprint density at radius 2 is 2.00 bits per heavy atom. The molecule has 0 radical (unpaired) electrons. The molecule has 82 valence electrons. The summed E-state index contributed by atoms with van der Waals surface area (Å²) in [5.41, 5.74) is 1.30. The number of nitrogens with zero attached hydrogens (tertiary/aromatic N) is 3. The van der Waals surface area contributed by atoms with Gasteiger partial charge in [-0.05, 0) is 13.0 Å². The predicted molar refractivity (Wildman–Crippen MR) is 59.5 cm³/mol. The van der Waals surface area contributed by atoms with Gasteiger partial charge in [-0.25, -0.2) is 14.4 Å². The molecule has 0 bridgehead atoms. The van der Waals surface area contributed by atoms with E-state index >= 15 is 0 Å². The number of rotatable bonds is 2. The van der Waals surface area contributed by atoms with E-state index in [9.17, 15) is 4.39 Å². The van der Waals surface area contributed by atoms with Crippen LogP contribution in [-0.4, -0.2) is 22.0 Å². The molecule has 0 fully saturated rings. The molecule has 0 aliphatic heterocycles. The molecule has 0 amide bonds. The normalized spacial score (nSPS) is 10.2. The lowest BCUT2D eigenvalue weighted by Crippen LogP contribution is -1.98. The lowest BCUT2D eigenvalue weighted by Gasteiger charge is -2.05. The van der Waals surface area contributed by atoms with E-state index in [1.165, 1.54) is 6.07 Å². The van der Waals surface area contributed by atoms with E-state index in [0.29, 0.717) is 22.9 Å². The second kappa shape index (κ2) is 4.22. The summed E-state index contributed by atoms with van der Waals surface area (Å²) in [7, 11) is 1.77. The molecule has 2 aromatic rings. The summed E-state index contributed by atoms with van der Waals surface area (Å²) in [6.07, 6.45) is 2.74.